The lowest BCUT2D eigenvalue weighted by atomic mass is 9.66. The molecule has 112 valence electrons. The van der Waals surface area contributed by atoms with Crippen molar-refractivity contribution < 1.29 is 9.53 Å². The number of esters is 1. The van der Waals surface area contributed by atoms with Gasteiger partial charge in [-0.05, 0) is 74.8 Å². The van der Waals surface area contributed by atoms with Crippen molar-refractivity contribution in [2.45, 2.75) is 51.6 Å². The Bertz CT molecular complexity index is 561. The van der Waals surface area contributed by atoms with E-state index in [0.29, 0.717) is 5.56 Å². The summed E-state index contributed by atoms with van der Waals surface area (Å²) in [6.07, 6.45) is 6.03. The van der Waals surface area contributed by atoms with Gasteiger partial charge in [0.05, 0.1) is 5.56 Å². The summed E-state index contributed by atoms with van der Waals surface area (Å²) >= 11 is 0. The van der Waals surface area contributed by atoms with E-state index < -0.39 is 0 Å². The molecule has 0 spiro atoms. The Balaban J connectivity index is 1.54. The summed E-state index contributed by atoms with van der Waals surface area (Å²) in [5, 5.41) is 0. The lowest BCUT2D eigenvalue weighted by Gasteiger charge is -2.42. The molecule has 5 unspecified atom stereocenters. The molecule has 1 aromatic rings. The van der Waals surface area contributed by atoms with Crippen molar-refractivity contribution in [3.05, 3.63) is 35.4 Å². The van der Waals surface area contributed by atoms with Crippen LogP contribution in [0, 0.1) is 30.6 Å². The summed E-state index contributed by atoms with van der Waals surface area (Å²) in [5.74, 6) is 3.07. The average molecular weight is 284 g/mol. The van der Waals surface area contributed by atoms with E-state index in [1.54, 1.807) is 0 Å². The van der Waals surface area contributed by atoms with Crippen LogP contribution in [-0.4, -0.2) is 11.6 Å². The average Bonchev–Trinajstić information content (AvgIpc) is 2.63. The number of fused-ring (bicyclic) bond motifs is 2. The van der Waals surface area contributed by atoms with E-state index in [2.05, 4.69) is 6.92 Å². The van der Waals surface area contributed by atoms with E-state index >= 15 is 0 Å². The van der Waals surface area contributed by atoms with Crippen molar-refractivity contribution in [1.29, 1.82) is 0 Å². The fraction of sp³-hybridized carbons (Fsp3) is 0.632. The highest BCUT2D eigenvalue weighted by Gasteiger charge is 2.56. The zero-order chi connectivity index (χ0) is 14.6. The molecule has 0 radical (unpaired) electrons. The monoisotopic (exact) mass is 284 g/mol. The van der Waals surface area contributed by atoms with Gasteiger partial charge in [-0.2, -0.15) is 0 Å². The topological polar surface area (TPSA) is 26.3 Å². The molecule has 3 saturated carbocycles. The summed E-state index contributed by atoms with van der Waals surface area (Å²) in [6.45, 7) is 4.42. The predicted molar refractivity (Wildman–Crippen MR) is 82.0 cm³/mol. The van der Waals surface area contributed by atoms with E-state index in [1.807, 2.05) is 31.2 Å². The first-order valence-corrected chi connectivity index (χ1v) is 8.35. The first-order valence-electron chi connectivity index (χ1n) is 8.35. The van der Waals surface area contributed by atoms with E-state index in [0.717, 1.165) is 42.9 Å². The fourth-order valence-electron chi connectivity index (χ4n) is 5.21. The van der Waals surface area contributed by atoms with Crippen LogP contribution in [0.5, 0.6) is 0 Å². The molecule has 3 aliphatic rings. The second-order valence-corrected chi connectivity index (χ2v) is 7.78. The molecule has 0 heterocycles. The van der Waals surface area contributed by atoms with Gasteiger partial charge in [0.15, 0.2) is 0 Å². The lowest BCUT2D eigenvalue weighted by Crippen LogP contribution is -2.39. The molecule has 0 aliphatic heterocycles. The molecule has 0 N–H and O–H groups in total. The van der Waals surface area contributed by atoms with Crippen molar-refractivity contribution in [3.8, 4) is 0 Å². The minimum Gasteiger partial charge on any atom is -0.455 e. The van der Waals surface area contributed by atoms with Gasteiger partial charge >= 0.3 is 5.97 Å². The Labute approximate surface area is 126 Å². The number of carbonyl (C=O) groups is 1. The largest absolute Gasteiger partial charge is 0.455 e. The standard InChI is InChI=1S/C19H24O2/c1-12-3-5-14(6-4-12)18(20)21-19-9-15-8-17(11-19)16(10-19)7-13(15)2/h3-6,13,15-17H,7-11H2,1-2H3. The minimum atomic E-state index is -0.148. The predicted octanol–water partition coefficient (Wildman–Crippen LogP) is 4.37. The molecule has 3 fully saturated rings. The van der Waals surface area contributed by atoms with E-state index in [4.69, 9.17) is 4.74 Å². The van der Waals surface area contributed by atoms with Gasteiger partial charge in [-0.25, -0.2) is 4.79 Å². The van der Waals surface area contributed by atoms with Crippen molar-refractivity contribution in [2.75, 3.05) is 0 Å². The molecule has 0 saturated heterocycles. The molecule has 0 amide bonds. The highest BCUT2D eigenvalue weighted by Crippen LogP contribution is 2.60. The maximum absolute atomic E-state index is 12.5. The van der Waals surface area contributed by atoms with Crippen LogP contribution in [0.25, 0.3) is 0 Å². The molecule has 3 bridgehead atoms. The van der Waals surface area contributed by atoms with Crippen molar-refractivity contribution in [1.82, 2.24) is 0 Å². The molecule has 5 atom stereocenters. The van der Waals surface area contributed by atoms with Crippen LogP contribution in [0.3, 0.4) is 0 Å². The Morgan fingerprint density at radius 3 is 2.38 bits per heavy atom. The third kappa shape index (κ3) is 2.20. The lowest BCUT2D eigenvalue weighted by molar-refractivity contribution is -0.0452. The molecule has 3 aliphatic carbocycles. The van der Waals surface area contributed by atoms with E-state index in [1.165, 1.54) is 18.4 Å². The van der Waals surface area contributed by atoms with Gasteiger partial charge < -0.3 is 4.74 Å². The molecule has 0 aromatic heterocycles. The van der Waals surface area contributed by atoms with Crippen LogP contribution in [0.4, 0.5) is 0 Å². The molecule has 2 heteroatoms. The summed E-state index contributed by atoms with van der Waals surface area (Å²) in [6, 6.07) is 7.75. The highest BCUT2D eigenvalue weighted by atomic mass is 16.6. The smallest absolute Gasteiger partial charge is 0.338 e. The third-order valence-corrected chi connectivity index (χ3v) is 6.25. The van der Waals surface area contributed by atoms with Crippen LogP contribution in [0.2, 0.25) is 0 Å². The van der Waals surface area contributed by atoms with Crippen LogP contribution in [-0.2, 0) is 4.74 Å². The quantitative estimate of drug-likeness (QED) is 0.754. The molecular formula is C19H24O2. The highest BCUT2D eigenvalue weighted by molar-refractivity contribution is 5.89. The van der Waals surface area contributed by atoms with Crippen LogP contribution >= 0.6 is 0 Å². The van der Waals surface area contributed by atoms with Gasteiger partial charge in [0, 0.05) is 0 Å². The Morgan fingerprint density at radius 2 is 1.67 bits per heavy atom. The van der Waals surface area contributed by atoms with Gasteiger partial charge in [-0.3, -0.25) is 0 Å². The van der Waals surface area contributed by atoms with Gasteiger partial charge in [0.1, 0.15) is 5.60 Å². The van der Waals surface area contributed by atoms with E-state index in [-0.39, 0.29) is 11.6 Å². The summed E-state index contributed by atoms with van der Waals surface area (Å²) in [5.41, 5.74) is 1.73. The Kier molecular flexibility index (Phi) is 2.92. The number of aryl methyl sites for hydroxylation is 1. The Hall–Kier alpha value is -1.31. The first kappa shape index (κ1) is 13.4. The van der Waals surface area contributed by atoms with Crippen LogP contribution in [0.15, 0.2) is 24.3 Å². The molecule has 1 aromatic carbocycles. The first-order chi connectivity index (χ1) is 10.0. The summed E-state index contributed by atoms with van der Waals surface area (Å²) in [7, 11) is 0. The van der Waals surface area contributed by atoms with Crippen molar-refractivity contribution >= 4 is 5.97 Å². The Morgan fingerprint density at radius 1 is 1.05 bits per heavy atom. The van der Waals surface area contributed by atoms with Crippen LogP contribution < -0.4 is 0 Å². The zero-order valence-corrected chi connectivity index (χ0v) is 13.0. The van der Waals surface area contributed by atoms with Gasteiger partial charge in [-0.15, -0.1) is 0 Å². The van der Waals surface area contributed by atoms with Crippen LogP contribution in [0.1, 0.15) is 54.9 Å². The van der Waals surface area contributed by atoms with Crippen molar-refractivity contribution in [3.63, 3.8) is 0 Å². The van der Waals surface area contributed by atoms with Gasteiger partial charge in [-0.1, -0.05) is 24.6 Å². The number of hydrogen-bond acceptors (Lipinski definition) is 2. The second kappa shape index (κ2) is 4.59. The summed E-state index contributed by atoms with van der Waals surface area (Å²) in [4.78, 5) is 12.5. The molecule has 4 rings (SSSR count). The maximum Gasteiger partial charge on any atom is 0.338 e. The number of hydrogen-bond donors (Lipinski definition) is 0. The molecule has 21 heavy (non-hydrogen) atoms. The van der Waals surface area contributed by atoms with Crippen molar-refractivity contribution in [2.24, 2.45) is 23.7 Å². The SMILES string of the molecule is Cc1ccc(C(=O)OC23CC4CC(C2)C(CC4C)C3)cc1. The van der Waals surface area contributed by atoms with Gasteiger partial charge in [0.2, 0.25) is 0 Å². The molecule has 2 nitrogen and oxygen atoms in total. The molecular weight excluding hydrogens is 260 g/mol. The summed E-state index contributed by atoms with van der Waals surface area (Å²) < 4.78 is 6.09. The third-order valence-electron chi connectivity index (χ3n) is 6.25. The second-order valence-electron chi connectivity index (χ2n) is 7.78. The van der Waals surface area contributed by atoms with E-state index in [9.17, 15) is 4.79 Å². The fourth-order valence-corrected chi connectivity index (χ4v) is 5.21. The normalized spacial score (nSPS) is 40.3. The minimum absolute atomic E-state index is 0.121. The maximum atomic E-state index is 12.5. The number of ether oxygens (including phenoxy) is 1. The zero-order valence-electron chi connectivity index (χ0n) is 13.0. The van der Waals surface area contributed by atoms with Gasteiger partial charge in [0.25, 0.3) is 0 Å². The number of carbonyl (C=O) groups excluding carboxylic acids is 1. The number of rotatable bonds is 2. The number of benzene rings is 1.